The van der Waals surface area contributed by atoms with Crippen molar-refractivity contribution in [2.24, 2.45) is 5.73 Å². The van der Waals surface area contributed by atoms with Crippen molar-refractivity contribution in [2.75, 3.05) is 26.4 Å². The Bertz CT molecular complexity index is 422. The summed E-state index contributed by atoms with van der Waals surface area (Å²) in [4.78, 5) is 4.50. The lowest BCUT2D eigenvalue weighted by atomic mass is 9.76. The lowest BCUT2D eigenvalue weighted by Gasteiger charge is -2.36. The van der Waals surface area contributed by atoms with Gasteiger partial charge in [-0.1, -0.05) is 0 Å². The van der Waals surface area contributed by atoms with E-state index < -0.39 is 0 Å². The monoisotopic (exact) mass is 237 g/mol. The van der Waals surface area contributed by atoms with Crippen LogP contribution in [0.3, 0.4) is 0 Å². The number of rotatable bonds is 2. The van der Waals surface area contributed by atoms with E-state index in [1.807, 2.05) is 0 Å². The van der Waals surface area contributed by atoms with E-state index in [0.717, 1.165) is 50.9 Å². The van der Waals surface area contributed by atoms with Gasteiger partial charge >= 0.3 is 0 Å². The number of fused-ring (bicyclic) bond motifs is 1. The summed E-state index contributed by atoms with van der Waals surface area (Å²) in [5, 5.41) is 0. The van der Waals surface area contributed by atoms with Crippen LogP contribution in [0.15, 0.2) is 0 Å². The Morgan fingerprint density at radius 1 is 1.35 bits per heavy atom. The summed E-state index contributed by atoms with van der Waals surface area (Å²) in [5.41, 5.74) is 8.42. The summed E-state index contributed by atoms with van der Waals surface area (Å²) in [7, 11) is 0. The fourth-order valence-electron chi connectivity index (χ4n) is 3.06. The van der Waals surface area contributed by atoms with E-state index in [4.69, 9.17) is 15.2 Å². The van der Waals surface area contributed by atoms with Gasteiger partial charge in [-0.15, -0.1) is 0 Å². The third kappa shape index (κ3) is 1.57. The summed E-state index contributed by atoms with van der Waals surface area (Å²) < 4.78 is 13.2. The molecule has 17 heavy (non-hydrogen) atoms. The normalized spacial score (nSPS) is 22.2. The van der Waals surface area contributed by atoms with Gasteiger partial charge < -0.3 is 15.2 Å². The van der Waals surface area contributed by atoms with Crippen LogP contribution in [0.25, 0.3) is 0 Å². The quantitative estimate of drug-likeness (QED) is 0.817. The predicted octanol–water partition coefficient (Wildman–Crippen LogP) is 0.591. The highest BCUT2D eigenvalue weighted by atomic mass is 16.5. The first-order valence-electron chi connectivity index (χ1n) is 6.25. The molecule has 0 atom stereocenters. The third-order valence-electron chi connectivity index (χ3n) is 4.00. The number of nitrogens with zero attached hydrogens (tertiary/aromatic N) is 2. The fraction of sp³-hybridized carbons (Fsp3) is 0.750. The Hall–Kier alpha value is -1.07. The van der Waals surface area contributed by atoms with Gasteiger partial charge in [0.15, 0.2) is 0 Å². The summed E-state index contributed by atoms with van der Waals surface area (Å²) in [6.07, 6.45) is 1.96. The third-order valence-corrected chi connectivity index (χ3v) is 4.00. The second-order valence-electron chi connectivity index (χ2n) is 4.93. The minimum atomic E-state index is 0.0291. The molecule has 0 amide bonds. The highest BCUT2D eigenvalue weighted by Gasteiger charge is 2.39. The van der Waals surface area contributed by atoms with E-state index >= 15 is 0 Å². The molecule has 0 spiro atoms. The molecule has 0 saturated carbocycles. The van der Waals surface area contributed by atoms with Crippen LogP contribution in [0.4, 0.5) is 0 Å². The minimum absolute atomic E-state index is 0.0291. The number of aromatic nitrogens is 2. The van der Waals surface area contributed by atoms with Crippen LogP contribution in [0.5, 0.6) is 6.01 Å². The molecule has 3 heterocycles. The van der Waals surface area contributed by atoms with Crippen molar-refractivity contribution in [1.82, 2.24) is 9.55 Å². The van der Waals surface area contributed by atoms with Gasteiger partial charge in [0.2, 0.25) is 0 Å². The largest absolute Gasteiger partial charge is 0.463 e. The van der Waals surface area contributed by atoms with Crippen molar-refractivity contribution >= 4 is 0 Å². The molecule has 2 aliphatic rings. The number of nitrogens with two attached hydrogens (primary N) is 1. The zero-order valence-corrected chi connectivity index (χ0v) is 10.2. The van der Waals surface area contributed by atoms with Gasteiger partial charge in [-0.05, 0) is 19.8 Å². The molecule has 0 radical (unpaired) electrons. The van der Waals surface area contributed by atoms with Crippen molar-refractivity contribution in [3.63, 3.8) is 0 Å². The van der Waals surface area contributed by atoms with Crippen molar-refractivity contribution in [1.29, 1.82) is 0 Å². The van der Waals surface area contributed by atoms with Gasteiger partial charge in [0.25, 0.3) is 6.01 Å². The van der Waals surface area contributed by atoms with E-state index in [1.165, 1.54) is 5.69 Å². The van der Waals surface area contributed by atoms with Crippen molar-refractivity contribution in [2.45, 2.75) is 31.7 Å². The van der Waals surface area contributed by atoms with E-state index in [1.54, 1.807) is 0 Å². The molecule has 0 bridgehead atoms. The first-order chi connectivity index (χ1) is 8.27. The molecule has 1 fully saturated rings. The molecule has 5 heteroatoms. The van der Waals surface area contributed by atoms with Crippen LogP contribution in [-0.2, 0) is 16.7 Å². The van der Waals surface area contributed by atoms with E-state index in [-0.39, 0.29) is 5.41 Å². The zero-order chi connectivity index (χ0) is 11.9. The standard InChI is InChI=1S/C12H19N3O2/c1-9-10(15-4-7-17-11(15)14-9)12(8-13)2-5-16-6-3-12/h2-8,13H2,1H3. The predicted molar refractivity (Wildman–Crippen MR) is 63.2 cm³/mol. The fourth-order valence-corrected chi connectivity index (χ4v) is 3.06. The molecule has 2 N–H and O–H groups in total. The van der Waals surface area contributed by atoms with Crippen LogP contribution >= 0.6 is 0 Å². The van der Waals surface area contributed by atoms with Gasteiger partial charge in [0.1, 0.15) is 6.61 Å². The van der Waals surface area contributed by atoms with Crippen LogP contribution in [0, 0.1) is 6.92 Å². The van der Waals surface area contributed by atoms with Gasteiger partial charge in [-0.25, -0.2) is 4.98 Å². The van der Waals surface area contributed by atoms with Gasteiger partial charge in [-0.3, -0.25) is 4.57 Å². The summed E-state index contributed by atoms with van der Waals surface area (Å²) in [5.74, 6) is 0. The molecular formula is C12H19N3O2. The highest BCUT2D eigenvalue weighted by Crippen LogP contribution is 2.38. The average Bonchev–Trinajstić information content (AvgIpc) is 2.89. The maximum absolute atomic E-state index is 6.05. The lowest BCUT2D eigenvalue weighted by molar-refractivity contribution is 0.0502. The van der Waals surface area contributed by atoms with Crippen molar-refractivity contribution in [3.05, 3.63) is 11.4 Å². The maximum atomic E-state index is 6.05. The zero-order valence-electron chi connectivity index (χ0n) is 10.2. The lowest BCUT2D eigenvalue weighted by Crippen LogP contribution is -2.42. The number of imidazole rings is 1. The topological polar surface area (TPSA) is 62.3 Å². The molecule has 94 valence electrons. The molecule has 3 rings (SSSR count). The van der Waals surface area contributed by atoms with Gasteiger partial charge in [-0.2, -0.15) is 0 Å². The first-order valence-corrected chi connectivity index (χ1v) is 6.25. The Morgan fingerprint density at radius 3 is 2.82 bits per heavy atom. The molecular weight excluding hydrogens is 218 g/mol. The van der Waals surface area contributed by atoms with Crippen LogP contribution < -0.4 is 10.5 Å². The van der Waals surface area contributed by atoms with E-state index in [2.05, 4.69) is 16.5 Å². The summed E-state index contributed by atoms with van der Waals surface area (Å²) in [6.45, 7) is 5.91. The SMILES string of the molecule is Cc1nc2n(c1C1(CN)CCOCC1)CCO2. The molecule has 5 nitrogen and oxygen atoms in total. The first kappa shape index (κ1) is 11.0. The van der Waals surface area contributed by atoms with Crippen molar-refractivity contribution < 1.29 is 9.47 Å². The van der Waals surface area contributed by atoms with E-state index in [9.17, 15) is 0 Å². The van der Waals surface area contributed by atoms with Crippen LogP contribution in [0.1, 0.15) is 24.2 Å². The molecule has 1 aromatic heterocycles. The van der Waals surface area contributed by atoms with Gasteiger partial charge in [0.05, 0.1) is 17.9 Å². The maximum Gasteiger partial charge on any atom is 0.296 e. The van der Waals surface area contributed by atoms with E-state index in [0.29, 0.717) is 6.54 Å². The number of hydrogen-bond acceptors (Lipinski definition) is 4. The smallest absolute Gasteiger partial charge is 0.296 e. The summed E-state index contributed by atoms with van der Waals surface area (Å²) in [6, 6.07) is 0.761. The number of ether oxygens (including phenoxy) is 2. The number of aryl methyl sites for hydroxylation is 1. The second-order valence-corrected chi connectivity index (χ2v) is 4.93. The highest BCUT2D eigenvalue weighted by molar-refractivity contribution is 5.30. The van der Waals surface area contributed by atoms with Crippen molar-refractivity contribution in [3.8, 4) is 6.01 Å². The van der Waals surface area contributed by atoms with Crippen LogP contribution in [0.2, 0.25) is 0 Å². The molecule has 1 aromatic rings. The Morgan fingerprint density at radius 2 is 2.12 bits per heavy atom. The molecule has 0 aromatic carbocycles. The van der Waals surface area contributed by atoms with Crippen LogP contribution in [-0.4, -0.2) is 35.9 Å². The summed E-state index contributed by atoms with van der Waals surface area (Å²) >= 11 is 0. The average molecular weight is 237 g/mol. The Kier molecular flexibility index (Phi) is 2.60. The molecule has 2 aliphatic heterocycles. The Balaban J connectivity index is 2.06. The Labute approximate surface area is 101 Å². The van der Waals surface area contributed by atoms with Gasteiger partial charge in [0, 0.05) is 25.2 Å². The second kappa shape index (κ2) is 3.99. The molecule has 0 unspecified atom stereocenters. The molecule has 1 saturated heterocycles. The number of hydrogen-bond donors (Lipinski definition) is 1. The molecule has 0 aliphatic carbocycles. The minimum Gasteiger partial charge on any atom is -0.463 e.